The van der Waals surface area contributed by atoms with Crippen molar-refractivity contribution in [2.45, 2.75) is 44.5 Å². The quantitative estimate of drug-likeness (QED) is 0.157. The first-order valence-electron chi connectivity index (χ1n) is 16.5. The Labute approximate surface area is 312 Å². The summed E-state index contributed by atoms with van der Waals surface area (Å²) >= 11 is 1.52. The van der Waals surface area contributed by atoms with Crippen molar-refractivity contribution in [3.63, 3.8) is 0 Å². The highest BCUT2D eigenvalue weighted by Crippen LogP contribution is 2.30. The largest absolute Gasteiger partial charge is 0.437 e. The van der Waals surface area contributed by atoms with Crippen LogP contribution < -0.4 is 26.5 Å². The van der Waals surface area contributed by atoms with E-state index in [0.29, 0.717) is 39.8 Å². The van der Waals surface area contributed by atoms with Gasteiger partial charge in [0.25, 0.3) is 11.1 Å². The molecule has 0 spiro atoms. The molecule has 0 saturated carbocycles. The minimum Gasteiger partial charge on any atom is -0.437 e. The Morgan fingerprint density at radius 2 is 1.21 bits per heavy atom. The Hall–Kier alpha value is -6.63. The van der Waals surface area contributed by atoms with Crippen molar-refractivity contribution >= 4 is 34.8 Å². The number of aryl methyl sites for hydroxylation is 5. The van der Waals surface area contributed by atoms with Gasteiger partial charge >= 0.3 is 0 Å². The molecule has 2 aromatic heterocycles. The van der Waals surface area contributed by atoms with Crippen molar-refractivity contribution in [1.29, 1.82) is 10.5 Å². The number of rotatable bonds is 8. The molecule has 0 unspecified atom stereocenters. The first kappa shape index (κ1) is 37.6. The summed E-state index contributed by atoms with van der Waals surface area (Å²) in [5.74, 6) is 1.47. The lowest BCUT2D eigenvalue weighted by atomic mass is 10.1. The topological polar surface area (TPSA) is 151 Å². The van der Waals surface area contributed by atoms with Gasteiger partial charge in [-0.05, 0) is 106 Å². The molecule has 4 aromatic carbocycles. The highest BCUT2D eigenvalue weighted by atomic mass is 32.2. The van der Waals surface area contributed by atoms with Gasteiger partial charge in [0.1, 0.15) is 10.8 Å². The van der Waals surface area contributed by atoms with E-state index in [1.165, 1.54) is 32.0 Å². The monoisotopic (exact) mass is 722 g/mol. The van der Waals surface area contributed by atoms with Crippen molar-refractivity contribution in [3.05, 3.63) is 151 Å². The van der Waals surface area contributed by atoms with Gasteiger partial charge in [0, 0.05) is 36.6 Å². The number of hydrogen-bond donors (Lipinski definition) is 2. The molecule has 6 aromatic rings. The van der Waals surface area contributed by atoms with E-state index in [1.54, 1.807) is 75.7 Å². The molecule has 0 saturated heterocycles. The average molecular weight is 723 g/mol. The van der Waals surface area contributed by atoms with Crippen LogP contribution in [0, 0.1) is 57.3 Å². The normalized spacial score (nSPS) is 10.4. The SMILES string of the molecule is Cc1ccc(Oc2nc(Nc3ccc(C#N)cc3)c(=O)n(C)c2C)c(C)c1.Cc1ccc(Sc2cn(C)c(=O)c(Nc3ccc(C#N)cc3)n2)c(C)c1. The van der Waals surface area contributed by atoms with E-state index >= 15 is 0 Å². The van der Waals surface area contributed by atoms with Crippen molar-refractivity contribution in [3.8, 4) is 23.8 Å². The van der Waals surface area contributed by atoms with Crippen molar-refractivity contribution in [1.82, 2.24) is 19.1 Å². The Balaban J connectivity index is 0.000000204. The lowest BCUT2D eigenvalue weighted by Crippen LogP contribution is -2.24. The lowest BCUT2D eigenvalue weighted by Gasteiger charge is -2.15. The zero-order chi connectivity index (χ0) is 38.2. The van der Waals surface area contributed by atoms with Gasteiger partial charge in [0.2, 0.25) is 11.7 Å². The smallest absolute Gasteiger partial charge is 0.293 e. The molecule has 0 bridgehead atoms. The van der Waals surface area contributed by atoms with Gasteiger partial charge < -0.3 is 24.5 Å². The second kappa shape index (κ2) is 16.6. The van der Waals surface area contributed by atoms with Crippen LogP contribution in [-0.2, 0) is 14.1 Å². The number of benzene rings is 4. The van der Waals surface area contributed by atoms with Gasteiger partial charge in [-0.2, -0.15) is 15.5 Å². The predicted octanol–water partition coefficient (Wildman–Crippen LogP) is 8.28. The second-order valence-electron chi connectivity index (χ2n) is 12.4. The van der Waals surface area contributed by atoms with Crippen molar-refractivity contribution in [2.24, 2.45) is 14.1 Å². The standard InChI is InChI=1S/C21H20N4O2.C20H18N4OS/c1-13-5-10-18(14(2)11-13)27-20-15(3)25(4)21(26)19(24-20)23-17-8-6-16(12-22)7-9-17;1-13-4-9-17(14(2)10-13)26-18-12-24(3)20(25)19(23-18)22-16-7-5-15(11-21)6-8-16/h5-11H,1-4H3,(H,23,24);4-10,12H,1-3H3,(H,22,23). The number of nitrogens with zero attached hydrogens (tertiary/aromatic N) is 6. The molecule has 11 nitrogen and oxygen atoms in total. The summed E-state index contributed by atoms with van der Waals surface area (Å²) in [6.07, 6.45) is 1.73. The van der Waals surface area contributed by atoms with Crippen LogP contribution in [0.1, 0.15) is 39.1 Å². The number of ether oxygens (including phenoxy) is 1. The Bertz CT molecular complexity index is 2490. The Kier molecular flexibility index (Phi) is 11.8. The van der Waals surface area contributed by atoms with E-state index in [2.05, 4.69) is 64.8 Å². The van der Waals surface area contributed by atoms with Crippen LogP contribution in [0.4, 0.5) is 23.0 Å². The summed E-state index contributed by atoms with van der Waals surface area (Å²) in [6, 6.07) is 30.0. The number of hydrogen-bond acceptors (Lipinski definition) is 10. The molecule has 2 heterocycles. The first-order chi connectivity index (χ1) is 25.3. The van der Waals surface area contributed by atoms with E-state index < -0.39 is 0 Å². The summed E-state index contributed by atoms with van der Waals surface area (Å²) < 4.78 is 9.01. The number of anilines is 4. The highest BCUT2D eigenvalue weighted by molar-refractivity contribution is 7.99. The van der Waals surface area contributed by atoms with Gasteiger partial charge in [-0.3, -0.25) is 9.59 Å². The zero-order valence-corrected chi connectivity index (χ0v) is 31.3. The second-order valence-corrected chi connectivity index (χ2v) is 13.5. The van der Waals surface area contributed by atoms with E-state index in [9.17, 15) is 9.59 Å². The van der Waals surface area contributed by atoms with E-state index in [1.807, 2.05) is 32.0 Å². The fraction of sp³-hybridized carbons (Fsp3) is 0.171. The van der Waals surface area contributed by atoms with Crippen LogP contribution in [0.5, 0.6) is 11.6 Å². The van der Waals surface area contributed by atoms with Gasteiger partial charge in [0.15, 0.2) is 5.82 Å². The van der Waals surface area contributed by atoms with Gasteiger partial charge in [-0.25, -0.2) is 4.98 Å². The summed E-state index contributed by atoms with van der Waals surface area (Å²) in [5.41, 5.74) is 7.17. The molecule has 0 radical (unpaired) electrons. The van der Waals surface area contributed by atoms with Crippen molar-refractivity contribution in [2.75, 3.05) is 10.6 Å². The summed E-state index contributed by atoms with van der Waals surface area (Å²) in [6.45, 7) is 9.90. The molecule has 12 heteroatoms. The molecular weight excluding hydrogens is 685 g/mol. The molecule has 6 rings (SSSR count). The van der Waals surface area contributed by atoms with Gasteiger partial charge in [-0.1, -0.05) is 47.2 Å². The van der Waals surface area contributed by atoms with Crippen LogP contribution in [0.25, 0.3) is 0 Å². The minimum atomic E-state index is -0.259. The zero-order valence-electron chi connectivity index (χ0n) is 30.5. The van der Waals surface area contributed by atoms with Crippen LogP contribution in [0.15, 0.2) is 111 Å². The van der Waals surface area contributed by atoms with Crippen LogP contribution in [-0.4, -0.2) is 19.1 Å². The molecule has 0 atom stereocenters. The maximum absolute atomic E-state index is 12.6. The predicted molar refractivity (Wildman–Crippen MR) is 209 cm³/mol. The van der Waals surface area contributed by atoms with Gasteiger partial charge in [-0.15, -0.1) is 0 Å². The molecule has 0 fully saturated rings. The highest BCUT2D eigenvalue weighted by Gasteiger charge is 2.15. The molecule has 2 N–H and O–H groups in total. The molecule has 53 heavy (non-hydrogen) atoms. The Morgan fingerprint density at radius 3 is 1.74 bits per heavy atom. The van der Waals surface area contributed by atoms with Crippen LogP contribution in [0.3, 0.4) is 0 Å². The van der Waals surface area contributed by atoms with E-state index in [0.717, 1.165) is 21.0 Å². The summed E-state index contributed by atoms with van der Waals surface area (Å²) in [7, 11) is 3.39. The van der Waals surface area contributed by atoms with Gasteiger partial charge in [0.05, 0.1) is 29.0 Å². The maximum Gasteiger partial charge on any atom is 0.293 e. The number of nitrogens with one attached hydrogen (secondary N) is 2. The molecule has 0 aliphatic heterocycles. The molecule has 266 valence electrons. The fourth-order valence-electron chi connectivity index (χ4n) is 5.15. The minimum absolute atomic E-state index is 0.160. The summed E-state index contributed by atoms with van der Waals surface area (Å²) in [5, 5.41) is 24.6. The van der Waals surface area contributed by atoms with Crippen LogP contribution >= 0.6 is 11.8 Å². The average Bonchev–Trinajstić information content (AvgIpc) is 3.14. The fourth-order valence-corrected chi connectivity index (χ4v) is 6.07. The van der Waals surface area contributed by atoms with Crippen molar-refractivity contribution < 1.29 is 4.74 Å². The third-order valence-electron chi connectivity index (χ3n) is 8.22. The first-order valence-corrected chi connectivity index (χ1v) is 17.4. The number of aromatic nitrogens is 4. The van der Waals surface area contributed by atoms with E-state index in [4.69, 9.17) is 15.3 Å². The lowest BCUT2D eigenvalue weighted by molar-refractivity contribution is 0.446. The van der Waals surface area contributed by atoms with Crippen LogP contribution in [0.2, 0.25) is 0 Å². The maximum atomic E-state index is 12.6. The third kappa shape index (κ3) is 9.38. The number of nitriles is 2. The molecule has 0 aliphatic carbocycles. The summed E-state index contributed by atoms with van der Waals surface area (Å²) in [4.78, 5) is 34.9. The molecule has 0 amide bonds. The molecular formula is C41H38N8O3S. The third-order valence-corrected chi connectivity index (χ3v) is 9.30. The van der Waals surface area contributed by atoms with E-state index in [-0.39, 0.29) is 22.8 Å². The Morgan fingerprint density at radius 1 is 0.679 bits per heavy atom. The molecule has 0 aliphatic rings.